The van der Waals surface area contributed by atoms with Gasteiger partial charge in [0, 0.05) is 37.9 Å². The molecule has 0 saturated carbocycles. The largest absolute Gasteiger partial charge is 0.378 e. The van der Waals surface area contributed by atoms with Gasteiger partial charge in [-0.2, -0.15) is 0 Å². The number of amides is 1. The minimum atomic E-state index is -0.226. The Morgan fingerprint density at radius 1 is 1.26 bits per heavy atom. The van der Waals surface area contributed by atoms with Gasteiger partial charge >= 0.3 is 0 Å². The zero-order valence-corrected chi connectivity index (χ0v) is 16.5. The number of aryl methyl sites for hydroxylation is 2. The topological polar surface area (TPSA) is 51.7 Å². The lowest BCUT2D eigenvalue weighted by molar-refractivity contribution is -0.183. The third-order valence-electron chi connectivity index (χ3n) is 6.09. The van der Waals surface area contributed by atoms with Gasteiger partial charge in [0.1, 0.15) is 0 Å². The van der Waals surface area contributed by atoms with Gasteiger partial charge in [-0.15, -0.1) is 0 Å². The number of carbonyl (C=O) groups is 1. The highest BCUT2D eigenvalue weighted by molar-refractivity contribution is 6.06. The van der Waals surface area contributed by atoms with E-state index in [2.05, 4.69) is 11.1 Å². The third-order valence-corrected chi connectivity index (χ3v) is 6.09. The van der Waals surface area contributed by atoms with Gasteiger partial charge in [0.15, 0.2) is 0 Å². The van der Waals surface area contributed by atoms with Crippen LogP contribution >= 0.6 is 0 Å². The molecule has 1 spiro atoms. The van der Waals surface area contributed by atoms with Gasteiger partial charge in [0.25, 0.3) is 5.91 Å². The molecule has 2 saturated heterocycles. The molecular weight excluding hydrogens is 340 g/mol. The molecule has 0 aliphatic carbocycles. The van der Waals surface area contributed by atoms with Gasteiger partial charge in [-0.25, -0.2) is 0 Å². The predicted octanol–water partition coefficient (Wildman–Crippen LogP) is 3.65. The van der Waals surface area contributed by atoms with E-state index in [1.807, 2.05) is 36.9 Å². The maximum atomic E-state index is 13.3. The molecular formula is C22H28N2O3. The molecule has 4 rings (SSSR count). The number of fused-ring (bicyclic) bond motifs is 1. The van der Waals surface area contributed by atoms with E-state index in [9.17, 15) is 4.79 Å². The molecule has 0 radical (unpaired) electrons. The van der Waals surface area contributed by atoms with E-state index < -0.39 is 0 Å². The Balaban J connectivity index is 1.58. The lowest BCUT2D eigenvalue weighted by atomic mass is 9.81. The fraction of sp³-hybridized carbons (Fsp3) is 0.545. The molecule has 1 aromatic carbocycles. The van der Waals surface area contributed by atoms with Crippen molar-refractivity contribution in [3.05, 3.63) is 41.1 Å². The minimum absolute atomic E-state index is 0.0933. The Kier molecular flexibility index (Phi) is 4.91. The molecule has 5 nitrogen and oxygen atoms in total. The van der Waals surface area contributed by atoms with Crippen LogP contribution in [0.25, 0.3) is 10.9 Å². The first-order chi connectivity index (χ1) is 13.0. The van der Waals surface area contributed by atoms with Crippen molar-refractivity contribution < 1.29 is 14.3 Å². The summed E-state index contributed by atoms with van der Waals surface area (Å²) in [6, 6.07) is 8.02. The minimum Gasteiger partial charge on any atom is -0.378 e. The normalized spacial score (nSPS) is 22.3. The zero-order chi connectivity index (χ0) is 19.0. The van der Waals surface area contributed by atoms with Crippen LogP contribution in [-0.4, -0.2) is 54.3 Å². The molecule has 144 valence electrons. The van der Waals surface area contributed by atoms with Crippen LogP contribution in [0.3, 0.4) is 0 Å². The van der Waals surface area contributed by atoms with E-state index in [1.165, 1.54) is 0 Å². The number of aromatic nitrogens is 1. The number of benzene rings is 1. The van der Waals surface area contributed by atoms with E-state index >= 15 is 0 Å². The molecule has 2 aliphatic heterocycles. The summed E-state index contributed by atoms with van der Waals surface area (Å²) in [6.07, 6.45) is 3.88. The number of methoxy groups -OCH3 is 1. The summed E-state index contributed by atoms with van der Waals surface area (Å²) in [7, 11) is 1.77. The highest BCUT2D eigenvalue weighted by Crippen LogP contribution is 2.37. The Labute approximate surface area is 160 Å². The smallest absolute Gasteiger partial charge is 0.254 e. The van der Waals surface area contributed by atoms with Gasteiger partial charge in [0.2, 0.25) is 0 Å². The van der Waals surface area contributed by atoms with Crippen LogP contribution in [0.5, 0.6) is 0 Å². The molecule has 5 heteroatoms. The summed E-state index contributed by atoms with van der Waals surface area (Å²) < 4.78 is 11.9. The fourth-order valence-corrected chi connectivity index (χ4v) is 4.61. The lowest BCUT2D eigenvalue weighted by Crippen LogP contribution is -2.56. The number of piperidine rings is 1. The summed E-state index contributed by atoms with van der Waals surface area (Å²) in [5.74, 6) is 0.0933. The molecule has 2 aliphatic rings. The molecule has 0 unspecified atom stereocenters. The second-order valence-corrected chi connectivity index (χ2v) is 7.90. The second kappa shape index (κ2) is 7.21. The van der Waals surface area contributed by atoms with Crippen molar-refractivity contribution >= 4 is 16.8 Å². The summed E-state index contributed by atoms with van der Waals surface area (Å²) in [4.78, 5) is 19.9. The quantitative estimate of drug-likeness (QED) is 0.812. The van der Waals surface area contributed by atoms with Gasteiger partial charge < -0.3 is 14.4 Å². The number of carbonyl (C=O) groups excluding carboxylic acids is 1. The van der Waals surface area contributed by atoms with E-state index in [-0.39, 0.29) is 17.6 Å². The van der Waals surface area contributed by atoms with Crippen molar-refractivity contribution in [3.8, 4) is 0 Å². The zero-order valence-electron chi connectivity index (χ0n) is 16.5. The molecule has 1 amide bonds. The summed E-state index contributed by atoms with van der Waals surface area (Å²) in [6.45, 7) is 6.19. The molecule has 3 heterocycles. The first-order valence-corrected chi connectivity index (χ1v) is 9.86. The summed E-state index contributed by atoms with van der Waals surface area (Å²) in [5, 5.41) is 0.939. The van der Waals surface area contributed by atoms with Crippen LogP contribution in [0.15, 0.2) is 24.3 Å². The summed E-state index contributed by atoms with van der Waals surface area (Å²) in [5.41, 5.74) is 3.42. The van der Waals surface area contributed by atoms with E-state index in [4.69, 9.17) is 9.47 Å². The number of hydrogen-bond acceptors (Lipinski definition) is 4. The molecule has 2 fully saturated rings. The van der Waals surface area contributed by atoms with E-state index in [1.54, 1.807) is 7.11 Å². The van der Waals surface area contributed by atoms with Crippen molar-refractivity contribution in [2.75, 3.05) is 26.8 Å². The maximum absolute atomic E-state index is 13.3. The number of rotatable bonds is 2. The van der Waals surface area contributed by atoms with Gasteiger partial charge in [-0.05, 0) is 57.7 Å². The van der Waals surface area contributed by atoms with Crippen LogP contribution in [0.4, 0.5) is 0 Å². The van der Waals surface area contributed by atoms with Crippen molar-refractivity contribution in [2.45, 2.75) is 51.2 Å². The van der Waals surface area contributed by atoms with Crippen molar-refractivity contribution in [1.29, 1.82) is 0 Å². The van der Waals surface area contributed by atoms with Crippen molar-refractivity contribution in [3.63, 3.8) is 0 Å². The molecule has 0 bridgehead atoms. The van der Waals surface area contributed by atoms with Crippen LogP contribution in [0.2, 0.25) is 0 Å². The monoisotopic (exact) mass is 368 g/mol. The molecule has 2 aromatic rings. The third kappa shape index (κ3) is 3.34. The average molecular weight is 368 g/mol. The Morgan fingerprint density at radius 3 is 2.78 bits per heavy atom. The van der Waals surface area contributed by atoms with Gasteiger partial charge in [-0.1, -0.05) is 11.6 Å². The Hall–Kier alpha value is -1.98. The first kappa shape index (κ1) is 18.4. The van der Waals surface area contributed by atoms with Crippen LogP contribution in [0.1, 0.15) is 47.3 Å². The Morgan fingerprint density at radius 2 is 2.04 bits per heavy atom. The number of likely N-dealkylation sites (tertiary alicyclic amines) is 1. The maximum Gasteiger partial charge on any atom is 0.254 e. The van der Waals surface area contributed by atoms with Crippen molar-refractivity contribution in [1.82, 2.24) is 9.88 Å². The van der Waals surface area contributed by atoms with Crippen molar-refractivity contribution in [2.24, 2.45) is 0 Å². The first-order valence-electron chi connectivity index (χ1n) is 9.86. The number of hydrogen-bond donors (Lipinski definition) is 0. The van der Waals surface area contributed by atoms with Gasteiger partial charge in [-0.3, -0.25) is 9.78 Å². The summed E-state index contributed by atoms with van der Waals surface area (Å²) >= 11 is 0. The molecule has 0 N–H and O–H groups in total. The highest BCUT2D eigenvalue weighted by atomic mass is 16.5. The fourth-order valence-electron chi connectivity index (χ4n) is 4.61. The van der Waals surface area contributed by atoms with Gasteiger partial charge in [0.05, 0.1) is 22.8 Å². The predicted molar refractivity (Wildman–Crippen MR) is 105 cm³/mol. The van der Waals surface area contributed by atoms with Crippen LogP contribution in [0, 0.1) is 13.8 Å². The lowest BCUT2D eigenvalue weighted by Gasteiger charge is -2.48. The number of nitrogens with zero attached hydrogens (tertiary/aromatic N) is 2. The average Bonchev–Trinajstić information content (AvgIpc) is 2.68. The highest BCUT2D eigenvalue weighted by Gasteiger charge is 2.45. The van der Waals surface area contributed by atoms with E-state index in [0.717, 1.165) is 60.0 Å². The van der Waals surface area contributed by atoms with E-state index in [0.29, 0.717) is 13.1 Å². The standard InChI is InChI=1S/C22H28N2O3/c1-15-6-7-19-17(13-15)18(14-16(2)23-19)21(25)24-10-8-22(9-11-24)20(26-3)5-4-12-27-22/h6-7,13-14,20H,4-5,8-12H2,1-3H3/t20-/m0/s1. The SMILES string of the molecule is CO[C@H]1CCCOC12CCN(C(=O)c1cc(C)nc3ccc(C)cc13)CC2. The Bertz CT molecular complexity index is 856. The molecule has 1 aromatic heterocycles. The molecule has 1 atom stereocenters. The van der Waals surface area contributed by atoms with Crippen LogP contribution in [-0.2, 0) is 9.47 Å². The molecule has 27 heavy (non-hydrogen) atoms. The number of pyridine rings is 1. The second-order valence-electron chi connectivity index (χ2n) is 7.90. The number of ether oxygens (including phenoxy) is 2. The van der Waals surface area contributed by atoms with Crippen LogP contribution < -0.4 is 0 Å².